The number of hydrogen-bond acceptors (Lipinski definition) is 2. The van der Waals surface area contributed by atoms with Crippen LogP contribution >= 0.6 is 0 Å². The SMILES string of the molecule is CC1[C][C@@H]2CC[C@H](O)[C@@H](C#C[C@@H](O)C3CCCCC3)[C@H]12. The van der Waals surface area contributed by atoms with Gasteiger partial charge in [0.15, 0.2) is 0 Å². The molecule has 0 aromatic carbocycles. The number of hydrogen-bond donors (Lipinski definition) is 2. The molecule has 0 bridgehead atoms. The van der Waals surface area contributed by atoms with Gasteiger partial charge in [0.05, 0.1) is 6.10 Å². The van der Waals surface area contributed by atoms with Gasteiger partial charge in [-0.3, -0.25) is 0 Å². The summed E-state index contributed by atoms with van der Waals surface area (Å²) in [6, 6.07) is 0. The summed E-state index contributed by atoms with van der Waals surface area (Å²) in [5, 5.41) is 20.5. The van der Waals surface area contributed by atoms with Crippen molar-refractivity contribution in [1.82, 2.24) is 0 Å². The van der Waals surface area contributed by atoms with Crippen LogP contribution in [0, 0.1) is 47.9 Å². The third-order valence-corrected chi connectivity index (χ3v) is 5.62. The lowest BCUT2D eigenvalue weighted by molar-refractivity contribution is -0.0177. The van der Waals surface area contributed by atoms with Gasteiger partial charge in [0.25, 0.3) is 0 Å². The van der Waals surface area contributed by atoms with Crippen LogP contribution in [0.3, 0.4) is 0 Å². The van der Waals surface area contributed by atoms with Crippen molar-refractivity contribution >= 4 is 0 Å². The van der Waals surface area contributed by atoms with Crippen molar-refractivity contribution in [1.29, 1.82) is 0 Å². The van der Waals surface area contributed by atoms with Crippen molar-refractivity contribution in [2.75, 3.05) is 0 Å². The molecule has 3 aliphatic carbocycles. The highest BCUT2D eigenvalue weighted by Gasteiger charge is 2.48. The van der Waals surface area contributed by atoms with Crippen molar-refractivity contribution in [2.45, 2.75) is 64.1 Å². The predicted molar refractivity (Wildman–Crippen MR) is 78.5 cm³/mol. The van der Waals surface area contributed by atoms with Crippen LogP contribution in [0.1, 0.15) is 51.9 Å². The van der Waals surface area contributed by atoms with E-state index in [-0.39, 0.29) is 12.0 Å². The molecule has 1 unspecified atom stereocenters. The van der Waals surface area contributed by atoms with E-state index in [2.05, 4.69) is 25.2 Å². The Balaban J connectivity index is 1.64. The average molecular weight is 274 g/mol. The molecule has 3 saturated carbocycles. The van der Waals surface area contributed by atoms with Gasteiger partial charge in [-0.15, -0.1) is 0 Å². The van der Waals surface area contributed by atoms with E-state index < -0.39 is 6.10 Å². The summed E-state index contributed by atoms with van der Waals surface area (Å²) in [6.07, 6.45) is 10.5. The van der Waals surface area contributed by atoms with Gasteiger partial charge < -0.3 is 10.2 Å². The minimum Gasteiger partial charge on any atom is -0.392 e. The first-order valence-electron chi connectivity index (χ1n) is 8.30. The normalized spacial score (nSPS) is 42.9. The second-order valence-electron chi connectivity index (χ2n) is 6.94. The molecule has 0 aromatic rings. The Morgan fingerprint density at radius 3 is 2.55 bits per heavy atom. The topological polar surface area (TPSA) is 40.5 Å². The maximum Gasteiger partial charge on any atom is 0.117 e. The molecule has 2 radical (unpaired) electrons. The molecule has 3 aliphatic rings. The summed E-state index contributed by atoms with van der Waals surface area (Å²) in [7, 11) is 0. The van der Waals surface area contributed by atoms with Gasteiger partial charge in [0.2, 0.25) is 0 Å². The van der Waals surface area contributed by atoms with Gasteiger partial charge in [-0.2, -0.15) is 0 Å². The lowest BCUT2D eigenvalue weighted by Gasteiger charge is -2.50. The number of fused-ring (bicyclic) bond motifs is 1. The summed E-state index contributed by atoms with van der Waals surface area (Å²) in [6.45, 7) is 2.17. The molecule has 20 heavy (non-hydrogen) atoms. The molecule has 0 aliphatic heterocycles. The maximum absolute atomic E-state index is 10.3. The summed E-state index contributed by atoms with van der Waals surface area (Å²) < 4.78 is 0. The van der Waals surface area contributed by atoms with Gasteiger partial charge >= 0.3 is 0 Å². The van der Waals surface area contributed by atoms with Crippen LogP contribution in [-0.4, -0.2) is 22.4 Å². The van der Waals surface area contributed by atoms with E-state index in [4.69, 9.17) is 0 Å². The number of aliphatic hydroxyl groups is 2. The largest absolute Gasteiger partial charge is 0.392 e. The molecule has 2 nitrogen and oxygen atoms in total. The third kappa shape index (κ3) is 2.76. The Labute approximate surface area is 123 Å². The van der Waals surface area contributed by atoms with Crippen LogP contribution in [0.15, 0.2) is 0 Å². The Morgan fingerprint density at radius 1 is 1.10 bits per heavy atom. The molecule has 0 spiro atoms. The maximum atomic E-state index is 10.3. The highest BCUT2D eigenvalue weighted by molar-refractivity contribution is 5.19. The van der Waals surface area contributed by atoms with Crippen LogP contribution < -0.4 is 0 Å². The highest BCUT2D eigenvalue weighted by Crippen LogP contribution is 2.51. The van der Waals surface area contributed by atoms with Crippen molar-refractivity contribution in [3.63, 3.8) is 0 Å². The Bertz CT molecular complexity index is 388. The minimum absolute atomic E-state index is 0.0447. The summed E-state index contributed by atoms with van der Waals surface area (Å²) in [5.41, 5.74) is 0. The molecule has 2 N–H and O–H groups in total. The van der Waals surface area contributed by atoms with Gasteiger partial charge in [0.1, 0.15) is 6.10 Å². The number of rotatable bonds is 1. The molecule has 0 heterocycles. The molecule has 3 rings (SSSR count). The van der Waals surface area contributed by atoms with Gasteiger partial charge in [0, 0.05) is 5.92 Å². The van der Waals surface area contributed by atoms with Crippen molar-refractivity contribution < 1.29 is 10.2 Å². The first kappa shape index (κ1) is 14.4. The van der Waals surface area contributed by atoms with Gasteiger partial charge in [-0.05, 0) is 55.8 Å². The van der Waals surface area contributed by atoms with Crippen LogP contribution in [0.5, 0.6) is 0 Å². The van der Waals surface area contributed by atoms with Crippen LogP contribution in [0.2, 0.25) is 0 Å². The minimum atomic E-state index is -0.494. The second-order valence-corrected chi connectivity index (χ2v) is 6.94. The molecule has 6 atom stereocenters. The average Bonchev–Trinajstić information content (AvgIpc) is 2.46. The molecule has 110 valence electrons. The molecule has 3 fully saturated rings. The van der Waals surface area contributed by atoms with E-state index >= 15 is 0 Å². The summed E-state index contributed by atoms with van der Waals surface area (Å²) >= 11 is 0. The van der Waals surface area contributed by atoms with E-state index in [0.717, 1.165) is 25.7 Å². The Hall–Kier alpha value is -0.520. The Morgan fingerprint density at radius 2 is 1.85 bits per heavy atom. The van der Waals surface area contributed by atoms with E-state index in [0.29, 0.717) is 23.7 Å². The smallest absolute Gasteiger partial charge is 0.117 e. The molecule has 0 aromatic heterocycles. The summed E-state index contributed by atoms with van der Waals surface area (Å²) in [5.74, 6) is 8.15. The lowest BCUT2D eigenvalue weighted by atomic mass is 9.54. The van der Waals surface area contributed by atoms with Crippen molar-refractivity contribution in [2.24, 2.45) is 29.6 Å². The molecular formula is C18H26O2. The predicted octanol–water partition coefficient (Wildman–Crippen LogP) is 2.67. The molecule has 2 heteroatoms. The highest BCUT2D eigenvalue weighted by atomic mass is 16.3. The van der Waals surface area contributed by atoms with Gasteiger partial charge in [-0.1, -0.05) is 38.0 Å². The van der Waals surface area contributed by atoms with Gasteiger partial charge in [-0.25, -0.2) is 0 Å². The lowest BCUT2D eigenvalue weighted by Crippen LogP contribution is -2.48. The third-order valence-electron chi connectivity index (χ3n) is 5.62. The second kappa shape index (κ2) is 6.08. The molecular weight excluding hydrogens is 248 g/mol. The quantitative estimate of drug-likeness (QED) is 0.722. The van der Waals surface area contributed by atoms with E-state index in [1.54, 1.807) is 0 Å². The van der Waals surface area contributed by atoms with E-state index in [1.807, 2.05) is 0 Å². The zero-order chi connectivity index (χ0) is 14.1. The van der Waals surface area contributed by atoms with Crippen LogP contribution in [-0.2, 0) is 0 Å². The molecule has 0 amide bonds. The monoisotopic (exact) mass is 274 g/mol. The van der Waals surface area contributed by atoms with Crippen molar-refractivity contribution in [3.8, 4) is 11.8 Å². The fourth-order valence-corrected chi connectivity index (χ4v) is 4.36. The summed E-state index contributed by atoms with van der Waals surface area (Å²) in [4.78, 5) is 0. The first-order valence-corrected chi connectivity index (χ1v) is 8.30. The fourth-order valence-electron chi connectivity index (χ4n) is 4.36. The zero-order valence-electron chi connectivity index (χ0n) is 12.4. The molecule has 0 saturated heterocycles. The zero-order valence-corrected chi connectivity index (χ0v) is 12.4. The van der Waals surface area contributed by atoms with E-state index in [9.17, 15) is 10.2 Å². The van der Waals surface area contributed by atoms with Crippen molar-refractivity contribution in [3.05, 3.63) is 6.42 Å². The Kier molecular flexibility index (Phi) is 4.38. The van der Waals surface area contributed by atoms with Crippen LogP contribution in [0.25, 0.3) is 0 Å². The number of aliphatic hydroxyl groups excluding tert-OH is 2. The standard InChI is InChI=1S/C18H26O2/c1-12-11-14-7-9-17(20)15(18(12)14)8-10-16(19)13-5-3-2-4-6-13/h12-20H,2-7,9H2,1H3/t12?,14-,15+,16+,17-,18+/m0/s1. The van der Waals surface area contributed by atoms with E-state index in [1.165, 1.54) is 19.3 Å². The fraction of sp³-hybridized carbons (Fsp3) is 0.833. The first-order chi connectivity index (χ1) is 9.66. The van der Waals surface area contributed by atoms with Crippen LogP contribution in [0.4, 0.5) is 0 Å².